The van der Waals surface area contributed by atoms with E-state index in [1.165, 1.54) is 25.2 Å². The van der Waals surface area contributed by atoms with Gasteiger partial charge in [-0.3, -0.25) is 4.90 Å². The first-order valence-electron chi connectivity index (χ1n) is 8.62. The van der Waals surface area contributed by atoms with Crippen LogP contribution >= 0.6 is 0 Å². The highest BCUT2D eigenvalue weighted by atomic mass is 32.2. The van der Waals surface area contributed by atoms with Gasteiger partial charge in [0, 0.05) is 25.9 Å². The van der Waals surface area contributed by atoms with Gasteiger partial charge in [-0.1, -0.05) is 6.07 Å². The molecule has 0 aliphatic rings. The molecule has 6 nitrogen and oxygen atoms in total. The normalized spacial score (nSPS) is 13.1. The fourth-order valence-corrected chi connectivity index (χ4v) is 3.27. The lowest BCUT2D eigenvalue weighted by molar-refractivity contribution is -0.142. The van der Waals surface area contributed by atoms with Crippen LogP contribution in [-0.2, 0) is 22.1 Å². The molecule has 0 spiro atoms. The summed E-state index contributed by atoms with van der Waals surface area (Å²) in [7, 11) is -1.94. The third-order valence-corrected chi connectivity index (χ3v) is 4.41. The van der Waals surface area contributed by atoms with Gasteiger partial charge in [-0.05, 0) is 37.2 Å². The summed E-state index contributed by atoms with van der Waals surface area (Å²) in [5.74, 6) is -0.392. The SMILES string of the molecule is CCNC(=NCc1cc(F)ccc1CS(C)(=O)=O)NCCN(C)CC(F)(F)F. The van der Waals surface area contributed by atoms with E-state index in [1.807, 2.05) is 6.92 Å². The molecule has 0 aromatic heterocycles. The van der Waals surface area contributed by atoms with E-state index in [2.05, 4.69) is 15.6 Å². The monoisotopic (exact) mass is 426 g/mol. The van der Waals surface area contributed by atoms with Crippen molar-refractivity contribution in [2.45, 2.75) is 25.4 Å². The molecule has 160 valence electrons. The number of aliphatic imine (C=N–C) groups is 1. The maximum atomic E-state index is 13.6. The molecule has 28 heavy (non-hydrogen) atoms. The minimum atomic E-state index is -4.26. The molecule has 0 fully saturated rings. The Morgan fingerprint density at radius 2 is 1.89 bits per heavy atom. The number of guanidine groups is 1. The first kappa shape index (κ1) is 24.2. The van der Waals surface area contributed by atoms with E-state index >= 15 is 0 Å². The molecule has 11 heteroatoms. The van der Waals surface area contributed by atoms with E-state index in [0.29, 0.717) is 23.6 Å². The molecule has 0 heterocycles. The van der Waals surface area contributed by atoms with Crippen LogP contribution in [0.15, 0.2) is 23.2 Å². The summed E-state index contributed by atoms with van der Waals surface area (Å²) >= 11 is 0. The number of nitrogens with zero attached hydrogens (tertiary/aromatic N) is 2. The van der Waals surface area contributed by atoms with Gasteiger partial charge in [-0.15, -0.1) is 0 Å². The van der Waals surface area contributed by atoms with Crippen LogP contribution in [0.1, 0.15) is 18.1 Å². The van der Waals surface area contributed by atoms with Crippen molar-refractivity contribution in [3.05, 3.63) is 35.1 Å². The number of sulfone groups is 1. The average Bonchev–Trinajstić information content (AvgIpc) is 2.52. The molecule has 0 bridgehead atoms. The molecule has 0 saturated heterocycles. The standard InChI is InChI=1S/C17H26F4N4O2S/c1-4-22-16(23-7-8-25(2)12-17(19,20)21)24-10-14-9-15(18)6-5-13(14)11-28(3,26)27/h5-6,9H,4,7-8,10-12H2,1-3H3,(H2,22,23,24). The Bertz CT molecular complexity index is 767. The molecule has 0 radical (unpaired) electrons. The van der Waals surface area contributed by atoms with E-state index in [4.69, 9.17) is 0 Å². The van der Waals surface area contributed by atoms with Crippen LogP contribution in [0.2, 0.25) is 0 Å². The van der Waals surface area contributed by atoms with Crippen LogP contribution in [0.25, 0.3) is 0 Å². The maximum Gasteiger partial charge on any atom is 0.401 e. The highest BCUT2D eigenvalue weighted by Gasteiger charge is 2.28. The van der Waals surface area contributed by atoms with Gasteiger partial charge in [0.25, 0.3) is 0 Å². The van der Waals surface area contributed by atoms with Crippen molar-refractivity contribution >= 4 is 15.8 Å². The Kier molecular flexibility index (Phi) is 9.15. The van der Waals surface area contributed by atoms with Crippen molar-refractivity contribution in [1.29, 1.82) is 0 Å². The molecule has 0 aliphatic carbocycles. The van der Waals surface area contributed by atoms with E-state index in [1.54, 1.807) is 0 Å². The van der Waals surface area contributed by atoms with Gasteiger partial charge in [-0.25, -0.2) is 17.8 Å². The minimum absolute atomic E-state index is 0.0241. The fourth-order valence-electron chi connectivity index (χ4n) is 2.42. The lowest BCUT2D eigenvalue weighted by atomic mass is 10.1. The zero-order valence-corrected chi connectivity index (χ0v) is 16.9. The predicted octanol–water partition coefficient (Wildman–Crippen LogP) is 1.92. The molecule has 0 saturated carbocycles. The smallest absolute Gasteiger partial charge is 0.357 e. The maximum absolute atomic E-state index is 13.6. The van der Waals surface area contributed by atoms with Crippen molar-refractivity contribution in [1.82, 2.24) is 15.5 Å². The number of rotatable bonds is 9. The van der Waals surface area contributed by atoms with Crippen LogP contribution in [0.5, 0.6) is 0 Å². The van der Waals surface area contributed by atoms with Crippen molar-refractivity contribution in [2.75, 3.05) is 39.5 Å². The minimum Gasteiger partial charge on any atom is -0.357 e. The molecule has 1 rings (SSSR count). The molecular formula is C17H26F4N4O2S. The highest BCUT2D eigenvalue weighted by Crippen LogP contribution is 2.16. The number of likely N-dealkylation sites (N-methyl/N-ethyl adjacent to an activating group) is 1. The summed E-state index contributed by atoms with van der Waals surface area (Å²) in [6, 6.07) is 3.83. The summed E-state index contributed by atoms with van der Waals surface area (Å²) < 4.78 is 73.7. The molecule has 1 aromatic rings. The first-order valence-corrected chi connectivity index (χ1v) is 10.7. The Hall–Kier alpha value is -1.88. The van der Waals surface area contributed by atoms with Crippen molar-refractivity contribution in [3.8, 4) is 0 Å². The van der Waals surface area contributed by atoms with Crippen LogP contribution in [-0.4, -0.2) is 64.9 Å². The summed E-state index contributed by atoms with van der Waals surface area (Å²) in [6.45, 7) is 1.71. The fraction of sp³-hybridized carbons (Fsp3) is 0.588. The van der Waals surface area contributed by atoms with Crippen LogP contribution in [0, 0.1) is 5.82 Å². The summed E-state index contributed by atoms with van der Waals surface area (Å²) in [5, 5.41) is 5.85. The first-order chi connectivity index (χ1) is 12.9. The predicted molar refractivity (Wildman–Crippen MR) is 101 cm³/mol. The van der Waals surface area contributed by atoms with E-state index < -0.39 is 28.4 Å². The van der Waals surface area contributed by atoms with Crippen molar-refractivity contribution < 1.29 is 26.0 Å². The number of nitrogens with one attached hydrogen (secondary N) is 2. The second-order valence-electron chi connectivity index (χ2n) is 6.46. The second-order valence-corrected chi connectivity index (χ2v) is 8.60. The van der Waals surface area contributed by atoms with Crippen LogP contribution in [0.4, 0.5) is 17.6 Å². The van der Waals surface area contributed by atoms with Gasteiger partial charge in [-0.2, -0.15) is 13.2 Å². The van der Waals surface area contributed by atoms with Gasteiger partial charge in [0.05, 0.1) is 18.8 Å². The molecule has 0 unspecified atom stereocenters. The third-order valence-electron chi connectivity index (χ3n) is 3.57. The quantitative estimate of drug-likeness (QED) is 0.359. The molecule has 0 amide bonds. The molecule has 0 aliphatic heterocycles. The Balaban J connectivity index is 2.78. The van der Waals surface area contributed by atoms with Gasteiger partial charge >= 0.3 is 6.18 Å². The van der Waals surface area contributed by atoms with Gasteiger partial charge in [0.2, 0.25) is 0 Å². The zero-order valence-electron chi connectivity index (χ0n) is 16.1. The third kappa shape index (κ3) is 10.5. The van der Waals surface area contributed by atoms with Gasteiger partial charge < -0.3 is 10.6 Å². The Morgan fingerprint density at radius 1 is 1.21 bits per heavy atom. The summed E-state index contributed by atoms with van der Waals surface area (Å²) in [5.41, 5.74) is 0.880. The second kappa shape index (κ2) is 10.6. The summed E-state index contributed by atoms with van der Waals surface area (Å²) in [6.07, 6.45) is -3.17. The topological polar surface area (TPSA) is 73.8 Å². The van der Waals surface area contributed by atoms with E-state index in [-0.39, 0.29) is 25.4 Å². The molecular weight excluding hydrogens is 400 g/mol. The number of hydrogen-bond donors (Lipinski definition) is 2. The number of hydrogen-bond acceptors (Lipinski definition) is 4. The Morgan fingerprint density at radius 3 is 2.46 bits per heavy atom. The molecule has 2 N–H and O–H groups in total. The van der Waals surface area contributed by atoms with Gasteiger partial charge in [0.15, 0.2) is 15.8 Å². The van der Waals surface area contributed by atoms with Gasteiger partial charge in [0.1, 0.15) is 5.82 Å². The lowest BCUT2D eigenvalue weighted by Crippen LogP contribution is -2.42. The summed E-state index contributed by atoms with van der Waals surface area (Å²) in [4.78, 5) is 5.41. The molecule has 1 aromatic carbocycles. The van der Waals surface area contributed by atoms with Crippen molar-refractivity contribution in [2.24, 2.45) is 4.99 Å². The van der Waals surface area contributed by atoms with Crippen LogP contribution < -0.4 is 10.6 Å². The number of halogens is 4. The number of benzene rings is 1. The molecule has 0 atom stereocenters. The zero-order chi connectivity index (χ0) is 21.4. The Labute approximate surface area is 162 Å². The lowest BCUT2D eigenvalue weighted by Gasteiger charge is -2.19. The van der Waals surface area contributed by atoms with E-state index in [9.17, 15) is 26.0 Å². The van der Waals surface area contributed by atoms with Crippen molar-refractivity contribution in [3.63, 3.8) is 0 Å². The largest absolute Gasteiger partial charge is 0.401 e. The highest BCUT2D eigenvalue weighted by molar-refractivity contribution is 7.89. The number of alkyl halides is 3. The van der Waals surface area contributed by atoms with E-state index in [0.717, 1.165) is 11.2 Å². The average molecular weight is 426 g/mol. The van der Waals surface area contributed by atoms with Crippen LogP contribution in [0.3, 0.4) is 0 Å².